The Balaban J connectivity index is 1.66. The Morgan fingerprint density at radius 2 is 1.41 bits per heavy atom. The highest BCUT2D eigenvalue weighted by Crippen LogP contribution is 2.26. The van der Waals surface area contributed by atoms with Gasteiger partial charge in [-0.3, -0.25) is 38.4 Å². The third-order valence-electron chi connectivity index (χ3n) is 14.2. The summed E-state index contributed by atoms with van der Waals surface area (Å²) in [6.07, 6.45) is -3.99. The molecule has 3 fully saturated rings. The van der Waals surface area contributed by atoms with Crippen LogP contribution in [0.1, 0.15) is 123 Å². The zero-order chi connectivity index (χ0) is 55.0. The number of aromatic hydroxyl groups is 1. The van der Waals surface area contributed by atoms with E-state index in [-0.39, 0.29) is 36.4 Å². The number of nitrogen functional groups attached to an aromatic ring is 1. The molecule has 3 heterocycles. The Labute approximate surface area is 431 Å². The standard InChI is InChI=1S/C50H81N9O15/c1-5-26(2)18-27(3)12-10-8-6-7-9-11-13-40(68)54-33-21-30(61)24-53-48(72)44-36(64)16-17-58(44)50(74)43(38(66)23-39(52)67)57-47(71)42(37(65)20-29-14-15-35(63)32(51)19-29)56-46(70)34-22-31(62)25-59(34)49(73)41(28(4)60)55-45(33)69/h14-15,19,26-28,30-31,33-34,36-38,41-44,60-66H,5-13,16-18,20-25,51H2,1-4H3,(H2,52,67)(H,53,72)(H,54,68)(H,55,69)(H,56,70)(H,57,71)/t26?,27?,28-,30-,31-,33-,34+,36+,37+,38+,41+,42+,43+,44+/m1/s1. The average molecular weight is 1050 g/mol. The Morgan fingerprint density at radius 1 is 0.770 bits per heavy atom. The maximum Gasteiger partial charge on any atom is 0.248 e. The molecule has 0 spiro atoms. The molecule has 2 unspecified atom stereocenters. The van der Waals surface area contributed by atoms with E-state index in [0.717, 1.165) is 61.7 Å². The first-order valence-electron chi connectivity index (χ1n) is 25.9. The van der Waals surface area contributed by atoms with Crippen LogP contribution in [0.25, 0.3) is 0 Å². The van der Waals surface area contributed by atoms with Crippen LogP contribution in [-0.2, 0) is 44.8 Å². The van der Waals surface area contributed by atoms with Crippen molar-refractivity contribution in [2.45, 2.75) is 197 Å². The van der Waals surface area contributed by atoms with Crippen molar-refractivity contribution >= 4 is 52.9 Å². The SMILES string of the molecule is CCC(C)CC(C)CCCCCCCCC(=O)N[C@@H]1C[C@@H](O)CNC(=O)[C@@H]2[C@@H](O)CCN2C(=O)[C@H]([C@@H](O)CC(N)=O)NC(=O)[C@H]([C@@H](O)Cc2ccc(O)c(N)c2)NC(=O)[C@@H]2C[C@@H](O)CN2C(=O)[C@H]([C@@H](C)O)NC1=O. The van der Waals surface area contributed by atoms with E-state index in [9.17, 15) is 74.1 Å². The summed E-state index contributed by atoms with van der Waals surface area (Å²) in [5.41, 5.74) is 11.3. The summed E-state index contributed by atoms with van der Waals surface area (Å²) >= 11 is 0. The minimum absolute atomic E-state index is 0.00161. The summed E-state index contributed by atoms with van der Waals surface area (Å²) in [5, 5.41) is 88.9. The van der Waals surface area contributed by atoms with E-state index in [4.69, 9.17) is 11.5 Å². The lowest BCUT2D eigenvalue weighted by Gasteiger charge is -2.33. The van der Waals surface area contributed by atoms with Gasteiger partial charge in [-0.05, 0) is 55.7 Å². The molecule has 16 N–H and O–H groups in total. The maximum atomic E-state index is 14.4. The number of fused-ring (bicyclic) bond motifs is 2. The van der Waals surface area contributed by atoms with Crippen LogP contribution in [0.3, 0.4) is 0 Å². The van der Waals surface area contributed by atoms with Crippen LogP contribution in [0.4, 0.5) is 5.69 Å². The van der Waals surface area contributed by atoms with Gasteiger partial charge >= 0.3 is 0 Å². The number of nitrogens with one attached hydrogen (secondary N) is 5. The van der Waals surface area contributed by atoms with Crippen molar-refractivity contribution in [3.05, 3.63) is 23.8 Å². The zero-order valence-electron chi connectivity index (χ0n) is 43.0. The molecule has 14 atom stereocenters. The van der Waals surface area contributed by atoms with Crippen molar-refractivity contribution in [1.29, 1.82) is 0 Å². The number of nitrogens with two attached hydrogens (primary N) is 2. The van der Waals surface area contributed by atoms with Crippen LogP contribution >= 0.6 is 0 Å². The number of hydrogen-bond acceptors (Lipinski definition) is 16. The largest absolute Gasteiger partial charge is 0.506 e. The van der Waals surface area contributed by atoms with E-state index in [2.05, 4.69) is 47.4 Å². The molecule has 416 valence electrons. The highest BCUT2D eigenvalue weighted by Gasteiger charge is 2.48. The number of β-amino-alcohol motifs (C(OH)–C–C–N with tert-alkyl or cyclic N) is 1. The number of anilines is 1. The van der Waals surface area contributed by atoms with Crippen LogP contribution in [0, 0.1) is 11.8 Å². The molecule has 24 nitrogen and oxygen atoms in total. The number of hydrogen-bond donors (Lipinski definition) is 14. The molecule has 4 rings (SSSR count). The fraction of sp³-hybridized carbons (Fsp3) is 0.720. The van der Waals surface area contributed by atoms with Gasteiger partial charge in [0.15, 0.2) is 0 Å². The van der Waals surface area contributed by atoms with Crippen LogP contribution < -0.4 is 38.1 Å². The minimum Gasteiger partial charge on any atom is -0.506 e. The van der Waals surface area contributed by atoms with Crippen molar-refractivity contribution in [1.82, 2.24) is 36.4 Å². The van der Waals surface area contributed by atoms with E-state index in [0.29, 0.717) is 18.3 Å². The van der Waals surface area contributed by atoms with Crippen LogP contribution in [0.15, 0.2) is 18.2 Å². The number of aliphatic hydroxyl groups excluding tert-OH is 6. The summed E-state index contributed by atoms with van der Waals surface area (Å²) in [6, 6.07) is -7.12. The molecule has 74 heavy (non-hydrogen) atoms. The molecule has 3 aliphatic heterocycles. The van der Waals surface area contributed by atoms with Gasteiger partial charge in [0.1, 0.15) is 42.0 Å². The number of benzene rings is 1. The minimum atomic E-state index is -2.12. The summed E-state index contributed by atoms with van der Waals surface area (Å²) in [6.45, 7) is 6.44. The summed E-state index contributed by atoms with van der Waals surface area (Å²) in [7, 11) is 0. The molecule has 3 saturated heterocycles. The summed E-state index contributed by atoms with van der Waals surface area (Å²) < 4.78 is 0. The maximum absolute atomic E-state index is 14.4. The van der Waals surface area contributed by atoms with Crippen LogP contribution in [0.5, 0.6) is 5.75 Å². The average Bonchev–Trinajstić information content (AvgIpc) is 3.93. The molecule has 0 aromatic heterocycles. The van der Waals surface area contributed by atoms with E-state index in [1.165, 1.54) is 24.6 Å². The molecular formula is C50H81N9O15. The third kappa shape index (κ3) is 17.7. The quantitative estimate of drug-likeness (QED) is 0.0363. The molecular weight excluding hydrogens is 967 g/mol. The number of rotatable bonds is 20. The molecule has 3 aliphatic rings. The predicted octanol–water partition coefficient (Wildman–Crippen LogP) is -2.57. The van der Waals surface area contributed by atoms with Crippen molar-refractivity contribution in [2.75, 3.05) is 25.4 Å². The summed E-state index contributed by atoms with van der Waals surface area (Å²) in [5.74, 6) is -7.51. The number of phenols is 1. The first-order chi connectivity index (χ1) is 34.9. The van der Waals surface area contributed by atoms with E-state index < -0.39 is 159 Å². The number of unbranched alkanes of at least 4 members (excludes halogenated alkanes) is 5. The molecule has 24 heteroatoms. The molecule has 1 aromatic carbocycles. The lowest BCUT2D eigenvalue weighted by atomic mass is 9.91. The molecule has 0 radical (unpaired) electrons. The monoisotopic (exact) mass is 1050 g/mol. The number of aliphatic hydroxyl groups is 6. The van der Waals surface area contributed by atoms with Crippen molar-refractivity contribution in [3.63, 3.8) is 0 Å². The van der Waals surface area contributed by atoms with E-state index >= 15 is 0 Å². The van der Waals surface area contributed by atoms with Gasteiger partial charge in [-0.1, -0.05) is 71.8 Å². The second-order valence-electron chi connectivity index (χ2n) is 20.6. The van der Waals surface area contributed by atoms with Gasteiger partial charge in [0.2, 0.25) is 47.3 Å². The number of nitrogens with zero attached hydrogens (tertiary/aromatic N) is 2. The lowest BCUT2D eigenvalue weighted by Crippen LogP contribution is -2.64. The Kier molecular flexibility index (Phi) is 23.7. The van der Waals surface area contributed by atoms with Crippen molar-refractivity contribution in [2.24, 2.45) is 17.6 Å². The van der Waals surface area contributed by atoms with Gasteiger partial charge in [-0.15, -0.1) is 0 Å². The second-order valence-corrected chi connectivity index (χ2v) is 20.6. The van der Waals surface area contributed by atoms with Crippen molar-refractivity contribution in [3.8, 4) is 5.75 Å². The fourth-order valence-electron chi connectivity index (χ4n) is 9.84. The predicted molar refractivity (Wildman–Crippen MR) is 268 cm³/mol. The molecule has 0 bridgehead atoms. The first-order valence-corrected chi connectivity index (χ1v) is 25.9. The zero-order valence-corrected chi connectivity index (χ0v) is 43.0. The number of carbonyl (C=O) groups is 8. The van der Waals surface area contributed by atoms with Crippen LogP contribution in [-0.4, -0.2) is 185 Å². The molecule has 8 amide bonds. The smallest absolute Gasteiger partial charge is 0.248 e. The van der Waals surface area contributed by atoms with Crippen LogP contribution in [0.2, 0.25) is 0 Å². The lowest BCUT2D eigenvalue weighted by molar-refractivity contribution is -0.147. The second kappa shape index (κ2) is 28.9. The topological polar surface area (TPSA) is 397 Å². The molecule has 0 aliphatic carbocycles. The first kappa shape index (κ1) is 60.9. The number of carbonyl (C=O) groups excluding carboxylic acids is 8. The van der Waals surface area contributed by atoms with E-state index in [1.54, 1.807) is 0 Å². The van der Waals surface area contributed by atoms with Crippen molar-refractivity contribution < 1.29 is 74.1 Å². The molecule has 0 saturated carbocycles. The summed E-state index contributed by atoms with van der Waals surface area (Å²) in [4.78, 5) is 112. The Morgan fingerprint density at radius 3 is 2.05 bits per heavy atom. The Bertz CT molecular complexity index is 2100. The number of primary amides is 1. The normalized spacial score (nSPS) is 27.8. The van der Waals surface area contributed by atoms with Gasteiger partial charge in [0.05, 0.1) is 48.7 Å². The van der Waals surface area contributed by atoms with Gasteiger partial charge in [-0.25, -0.2) is 0 Å². The van der Waals surface area contributed by atoms with Gasteiger partial charge in [-0.2, -0.15) is 0 Å². The highest BCUT2D eigenvalue weighted by molar-refractivity contribution is 5.98. The Hall–Kier alpha value is -5.66. The third-order valence-corrected chi connectivity index (χ3v) is 14.2. The highest BCUT2D eigenvalue weighted by atomic mass is 16.3. The number of amides is 8. The van der Waals surface area contributed by atoms with Gasteiger partial charge in [0, 0.05) is 45.3 Å². The van der Waals surface area contributed by atoms with Gasteiger partial charge < -0.3 is 83.6 Å². The van der Waals surface area contributed by atoms with Gasteiger partial charge in [0.25, 0.3) is 0 Å². The fourth-order valence-corrected chi connectivity index (χ4v) is 9.84. The number of phenolic OH excluding ortho intramolecular Hbond substituents is 1. The molecule has 1 aromatic rings. The van der Waals surface area contributed by atoms with E-state index in [1.807, 2.05) is 0 Å².